The maximum atomic E-state index is 14.4. The van der Waals surface area contributed by atoms with E-state index < -0.39 is 178 Å². The highest BCUT2D eigenvalue weighted by atomic mass is 16.6. The molecule has 3 aliphatic rings. The summed E-state index contributed by atoms with van der Waals surface area (Å²) in [6, 6.07) is 17.9. The first-order valence-corrected chi connectivity index (χ1v) is 46.8. The van der Waals surface area contributed by atoms with Crippen LogP contribution in [0.25, 0.3) is 22.1 Å². The van der Waals surface area contributed by atoms with Gasteiger partial charge in [-0.1, -0.05) is 24.3 Å². The molecule has 0 bridgehead atoms. The Morgan fingerprint density at radius 2 is 0.745 bits per heavy atom. The maximum Gasteiger partial charge on any atom is 0.317 e. The van der Waals surface area contributed by atoms with Crippen LogP contribution in [-0.4, -0.2) is 418 Å². The third kappa shape index (κ3) is 39.3. The van der Waals surface area contributed by atoms with Crippen molar-refractivity contribution in [2.24, 2.45) is 0 Å². The molecule has 1 fully saturated rings. The molecule has 5 atom stereocenters. The Labute approximate surface area is 812 Å². The van der Waals surface area contributed by atoms with Gasteiger partial charge >= 0.3 is 41.8 Å². The summed E-state index contributed by atoms with van der Waals surface area (Å²) in [5.41, 5.74) is 6.22. The molecular formula is C93H129N19O29. The third-order valence-corrected chi connectivity index (χ3v) is 23.1. The number of aromatic amines is 2. The number of benzene rings is 4. The van der Waals surface area contributed by atoms with Crippen LogP contribution in [0.15, 0.2) is 84.9 Å². The van der Waals surface area contributed by atoms with Crippen molar-refractivity contribution in [3.63, 3.8) is 0 Å². The van der Waals surface area contributed by atoms with Crippen molar-refractivity contribution in [3.05, 3.63) is 119 Å². The smallest absolute Gasteiger partial charge is 0.317 e. The fourth-order valence-corrected chi connectivity index (χ4v) is 15.9. The van der Waals surface area contributed by atoms with E-state index in [-0.39, 0.29) is 215 Å². The molecule has 16 N–H and O–H groups in total. The average Bonchev–Trinajstić information content (AvgIpc) is 1.69. The lowest BCUT2D eigenvalue weighted by Gasteiger charge is -2.33. The molecule has 0 saturated carbocycles. The van der Waals surface area contributed by atoms with E-state index in [0.717, 1.165) is 22.1 Å². The number of nitrogens with one attached hydrogen (secondary N) is 9. The lowest BCUT2D eigenvalue weighted by atomic mass is 10.1. The number of hydrogen-bond donors (Lipinski definition) is 16. The number of nitrogens with zero attached hydrogens (tertiary/aromatic N) is 10. The summed E-state index contributed by atoms with van der Waals surface area (Å²) in [5, 5.41) is 87.1. The number of aromatic nitrogens is 4. The first kappa shape index (κ1) is 111. The highest BCUT2D eigenvalue weighted by Crippen LogP contribution is 2.30. The molecule has 0 aliphatic carbocycles. The first-order chi connectivity index (χ1) is 67.7. The first-order valence-electron chi connectivity index (χ1n) is 46.8. The summed E-state index contributed by atoms with van der Waals surface area (Å²) >= 11 is 0. The number of carboxylic acid groups (broad SMARTS) is 7. The molecule has 5 unspecified atom stereocenters. The Morgan fingerprint density at radius 1 is 0.397 bits per heavy atom. The molecule has 3 aliphatic heterocycles. The monoisotopic (exact) mass is 1980 g/mol. The summed E-state index contributed by atoms with van der Waals surface area (Å²) in [7, 11) is 3.31. The van der Waals surface area contributed by atoms with Gasteiger partial charge in [0.05, 0.1) is 127 Å². The predicted octanol–water partition coefficient (Wildman–Crippen LogP) is 0.211. The summed E-state index contributed by atoms with van der Waals surface area (Å²) in [5.74, 6) is -13.4. The zero-order valence-electron chi connectivity index (χ0n) is 79.2. The Morgan fingerprint density at radius 3 is 1.12 bits per heavy atom. The van der Waals surface area contributed by atoms with Gasteiger partial charge < -0.3 is 131 Å². The zero-order valence-corrected chi connectivity index (χ0v) is 79.2. The number of amides is 9. The van der Waals surface area contributed by atoms with E-state index in [2.05, 4.69) is 57.2 Å². The van der Waals surface area contributed by atoms with Crippen LogP contribution in [0.1, 0.15) is 121 Å². The number of carbonyl (C=O) groups excluding carboxylic acids is 9. The van der Waals surface area contributed by atoms with Crippen LogP contribution in [0, 0.1) is 0 Å². The number of hydrogen-bond acceptors (Lipinski definition) is 30. The topological polar surface area (TPSA) is 638 Å². The lowest BCUT2D eigenvalue weighted by Crippen LogP contribution is -2.57. The molecule has 2 aromatic heterocycles. The molecule has 9 rings (SSSR count). The Hall–Kier alpha value is -13.5. The van der Waals surface area contributed by atoms with E-state index in [9.17, 15) is 112 Å². The fourth-order valence-electron chi connectivity index (χ4n) is 15.9. The van der Waals surface area contributed by atoms with E-state index in [4.69, 9.17) is 28.4 Å². The number of carbonyl (C=O) groups is 16. The maximum absolute atomic E-state index is 14.4. The minimum absolute atomic E-state index is 0.00965. The summed E-state index contributed by atoms with van der Waals surface area (Å²) in [6.45, 7) is 1.64. The van der Waals surface area contributed by atoms with Gasteiger partial charge in [0.2, 0.25) is 41.4 Å². The highest BCUT2D eigenvalue weighted by Gasteiger charge is 2.37. The molecule has 0 spiro atoms. The molecule has 1 saturated heterocycles. The second-order valence-electron chi connectivity index (χ2n) is 34.2. The second-order valence-corrected chi connectivity index (χ2v) is 34.2. The van der Waals surface area contributed by atoms with E-state index in [1.807, 2.05) is 48.5 Å². The van der Waals surface area contributed by atoms with Crippen molar-refractivity contribution in [3.8, 4) is 0 Å². The molecule has 770 valence electrons. The van der Waals surface area contributed by atoms with Crippen LogP contribution in [0.3, 0.4) is 0 Å². The van der Waals surface area contributed by atoms with Crippen LogP contribution in [-0.2, 0) is 122 Å². The van der Waals surface area contributed by atoms with Crippen LogP contribution in [0.4, 0.5) is 11.4 Å². The van der Waals surface area contributed by atoms with E-state index in [1.54, 1.807) is 65.2 Å². The molecule has 141 heavy (non-hydrogen) atoms. The summed E-state index contributed by atoms with van der Waals surface area (Å²) in [6.07, 6.45) is -2.94. The standard InChI is InChI=1S/C93H129N19O29/c1-105(55-76-98-67-11-3-4-12-68(67)99-76)90(132)61-15-17-65-63(49-61)53-111(92(134)74(96-65)51-82(119)120)27-9-39-138-43-47-140-45-41-136-37-7-25-94-78(113)22-19-71(103-89(131)73(21-24-81(117)118)104-88(130)72(20-23-80(115)116)102-79(114)57-107-29-31-108(58-84(123)124)33-35-110(60-86(127)128)36-34-109(32-30-107)59-85(125)126)87(129)95-26-8-38-137-42-46-141-48-44-139-40-10-28-112-54-64-50-62(16-18-66(64)97-75(93(112)135)52-83(121)122)91(133)106(2)56-77-100-69-13-5-6-14-70(69)101-77/h3-6,11-18,49-50,71-75,96-97H,7-10,19-48,51-60H2,1-2H3,(H,94,113)(H,95,129)(H,98,99)(H,100,101)(H,102,114)(H,103,131)(H,104,130)(H,115,116)(H,117,118)(H,119,120)(H,121,122)(H,123,124)(H,125,126)(H,127,128). The highest BCUT2D eigenvalue weighted by molar-refractivity contribution is 5.98. The van der Waals surface area contributed by atoms with Crippen molar-refractivity contribution in [1.29, 1.82) is 0 Å². The molecule has 0 radical (unpaired) electrons. The van der Waals surface area contributed by atoms with Gasteiger partial charge in [0.15, 0.2) is 0 Å². The number of anilines is 2. The fraction of sp³-hybridized carbons (Fsp3) is 0.548. The van der Waals surface area contributed by atoms with Gasteiger partial charge in [0.1, 0.15) is 41.9 Å². The van der Waals surface area contributed by atoms with Gasteiger partial charge in [0.25, 0.3) is 11.8 Å². The Balaban J connectivity index is 0.725. The molecule has 5 heterocycles. The van der Waals surface area contributed by atoms with Gasteiger partial charge in [-0.3, -0.25) is 96.3 Å². The van der Waals surface area contributed by atoms with Crippen LogP contribution in [0.5, 0.6) is 0 Å². The van der Waals surface area contributed by atoms with Gasteiger partial charge in [-0.2, -0.15) is 0 Å². The number of aliphatic carboxylic acids is 7. The van der Waals surface area contributed by atoms with Crippen molar-refractivity contribution in [2.45, 2.75) is 133 Å². The number of H-pyrrole nitrogens is 2. The van der Waals surface area contributed by atoms with Crippen LogP contribution >= 0.6 is 0 Å². The Kier molecular flexibility index (Phi) is 46.2. The van der Waals surface area contributed by atoms with E-state index in [0.29, 0.717) is 64.5 Å². The van der Waals surface area contributed by atoms with Crippen molar-refractivity contribution in [1.82, 2.24) is 85.7 Å². The van der Waals surface area contributed by atoms with E-state index in [1.165, 1.54) is 24.5 Å². The number of rotatable bonds is 61. The third-order valence-electron chi connectivity index (χ3n) is 23.1. The van der Waals surface area contributed by atoms with Gasteiger partial charge in [-0.05, 0) is 117 Å². The molecule has 9 amide bonds. The minimum atomic E-state index is -1.76. The van der Waals surface area contributed by atoms with Crippen molar-refractivity contribution >= 4 is 128 Å². The molecular weight excluding hydrogens is 1850 g/mol. The summed E-state index contributed by atoms with van der Waals surface area (Å²) in [4.78, 5) is 237. The number of imidazole rings is 2. The largest absolute Gasteiger partial charge is 0.481 e. The number of ether oxygens (including phenoxy) is 6. The molecule has 48 nitrogen and oxygen atoms in total. The predicted molar refractivity (Wildman–Crippen MR) is 504 cm³/mol. The van der Waals surface area contributed by atoms with Gasteiger partial charge in [-0.15, -0.1) is 0 Å². The van der Waals surface area contributed by atoms with Crippen LogP contribution in [0.2, 0.25) is 0 Å². The van der Waals surface area contributed by atoms with Crippen molar-refractivity contribution < 1.29 is 141 Å². The summed E-state index contributed by atoms with van der Waals surface area (Å²) < 4.78 is 34.4. The lowest BCUT2D eigenvalue weighted by molar-refractivity contribution is -0.141. The number of carboxylic acids is 7. The molecule has 6 aromatic rings. The molecule has 48 heteroatoms. The average molecular weight is 1980 g/mol. The van der Waals surface area contributed by atoms with Crippen molar-refractivity contribution in [2.75, 3.05) is 209 Å². The van der Waals surface area contributed by atoms with Gasteiger partial charge in [-0.25, -0.2) is 9.97 Å². The second kappa shape index (κ2) is 58.6. The molecule has 4 aromatic carbocycles. The number of para-hydroxylation sites is 4. The zero-order chi connectivity index (χ0) is 102. The van der Waals surface area contributed by atoms with Gasteiger partial charge in [0, 0.05) is 174 Å². The minimum Gasteiger partial charge on any atom is -0.481 e. The normalized spacial score (nSPS) is 15.8. The SMILES string of the molecule is CN(Cc1nc2ccccc2[nH]1)C(=O)c1ccc2c(c1)CN(CCCOCCOCCOCCCNC(=O)CCC(NC(=O)C(CCC(=O)O)NC(=O)C(CCC(=O)O)NC(=O)CN1CCN(CC(=O)O)CCN(CC(=O)O)CCN(CC(=O)O)CC1)C(=O)NCCCOCCOCCOCCCN1Cc3cc(C(=O)N(C)Cc4nc5ccccc5[nH]4)ccc3NC(CC(=O)O)C1=O)C(=O)C(CC(=O)O)N2. The number of fused-ring (bicyclic) bond motifs is 4. The quantitative estimate of drug-likeness (QED) is 0.0227. The van der Waals surface area contributed by atoms with Crippen LogP contribution < -0.4 is 37.2 Å². The Bertz CT molecular complexity index is 5120. The van der Waals surface area contributed by atoms with E-state index >= 15 is 0 Å².